The molecular weight excluding hydrogens is 282 g/mol. The Bertz CT molecular complexity index is 684. The van der Waals surface area contributed by atoms with E-state index in [-0.39, 0.29) is 5.54 Å². The highest BCUT2D eigenvalue weighted by atomic mass is 16.5. The molecule has 1 unspecified atom stereocenters. The van der Waals surface area contributed by atoms with E-state index in [0.29, 0.717) is 18.1 Å². The van der Waals surface area contributed by atoms with Crippen LogP contribution in [0.25, 0.3) is 10.9 Å². The van der Waals surface area contributed by atoms with Crippen molar-refractivity contribution in [1.82, 2.24) is 9.97 Å². The maximum atomic E-state index is 5.57. The molecule has 2 aromatic rings. The molecule has 0 N–H and O–H groups in total. The predicted molar refractivity (Wildman–Crippen MR) is 84.9 cm³/mol. The molecule has 1 aromatic heterocycles. The summed E-state index contributed by atoms with van der Waals surface area (Å²) in [5.74, 6) is 2.17. The first-order chi connectivity index (χ1) is 10.6. The van der Waals surface area contributed by atoms with Crippen molar-refractivity contribution in [2.45, 2.75) is 18.9 Å². The fourth-order valence-electron chi connectivity index (χ4n) is 2.87. The van der Waals surface area contributed by atoms with Crippen molar-refractivity contribution in [3.8, 4) is 11.5 Å². The summed E-state index contributed by atoms with van der Waals surface area (Å²) in [6.45, 7) is 3.66. The van der Waals surface area contributed by atoms with Crippen LogP contribution in [0.15, 0.2) is 18.5 Å². The molecule has 22 heavy (non-hydrogen) atoms. The van der Waals surface area contributed by atoms with E-state index >= 15 is 0 Å². The van der Waals surface area contributed by atoms with Gasteiger partial charge in [0, 0.05) is 19.0 Å². The van der Waals surface area contributed by atoms with Crippen LogP contribution >= 0.6 is 0 Å². The van der Waals surface area contributed by atoms with Crippen molar-refractivity contribution < 1.29 is 14.2 Å². The maximum absolute atomic E-state index is 5.57. The van der Waals surface area contributed by atoms with Crippen LogP contribution in [0.5, 0.6) is 11.5 Å². The van der Waals surface area contributed by atoms with Gasteiger partial charge in [0.25, 0.3) is 0 Å². The van der Waals surface area contributed by atoms with Crippen molar-refractivity contribution in [2.75, 3.05) is 39.4 Å². The number of hydrogen-bond donors (Lipinski definition) is 0. The van der Waals surface area contributed by atoms with Crippen LogP contribution in [0.2, 0.25) is 0 Å². The summed E-state index contributed by atoms with van der Waals surface area (Å²) in [7, 11) is 5.29. The van der Waals surface area contributed by atoms with Gasteiger partial charge in [0.05, 0.1) is 26.4 Å². The molecule has 0 aliphatic carbocycles. The molecule has 1 atom stereocenters. The number of fused-ring (bicyclic) bond motifs is 1. The number of methoxy groups -OCH3 is 2. The average molecular weight is 303 g/mol. The largest absolute Gasteiger partial charge is 0.493 e. The molecule has 0 radical (unpaired) electrons. The zero-order chi connectivity index (χ0) is 15.7. The summed E-state index contributed by atoms with van der Waals surface area (Å²) in [4.78, 5) is 11.0. The van der Waals surface area contributed by atoms with Gasteiger partial charge in [0.1, 0.15) is 17.7 Å². The van der Waals surface area contributed by atoms with Gasteiger partial charge in [-0.3, -0.25) is 0 Å². The second-order valence-corrected chi connectivity index (χ2v) is 5.75. The quantitative estimate of drug-likeness (QED) is 0.863. The van der Waals surface area contributed by atoms with Crippen molar-refractivity contribution in [3.05, 3.63) is 18.5 Å². The first-order valence-corrected chi connectivity index (χ1v) is 7.28. The minimum absolute atomic E-state index is 0.0611. The molecule has 118 valence electrons. The Hall–Kier alpha value is -2.08. The van der Waals surface area contributed by atoms with Crippen LogP contribution in [0.3, 0.4) is 0 Å². The lowest BCUT2D eigenvalue weighted by atomic mass is 9.99. The Morgan fingerprint density at radius 1 is 1.23 bits per heavy atom. The Labute approximate surface area is 130 Å². The van der Waals surface area contributed by atoms with E-state index in [0.717, 1.165) is 29.7 Å². The molecule has 6 heteroatoms. The molecule has 2 heterocycles. The average Bonchev–Trinajstić information content (AvgIpc) is 3.00. The van der Waals surface area contributed by atoms with Gasteiger partial charge in [-0.25, -0.2) is 9.97 Å². The van der Waals surface area contributed by atoms with E-state index in [1.165, 1.54) is 0 Å². The summed E-state index contributed by atoms with van der Waals surface area (Å²) in [5.41, 5.74) is 0.690. The molecule has 0 spiro atoms. The Balaban J connectivity index is 2.15. The smallest absolute Gasteiger partial charge is 0.187 e. The number of aromatic nitrogens is 2. The van der Waals surface area contributed by atoms with E-state index in [2.05, 4.69) is 21.8 Å². The number of rotatable bonds is 4. The Morgan fingerprint density at radius 2 is 2.05 bits per heavy atom. The molecule has 1 aliphatic heterocycles. The van der Waals surface area contributed by atoms with Crippen LogP contribution in [0.4, 0.5) is 5.82 Å². The third-order valence-corrected chi connectivity index (χ3v) is 4.45. The highest BCUT2D eigenvalue weighted by Gasteiger charge is 2.35. The lowest BCUT2D eigenvalue weighted by molar-refractivity contribution is 0.180. The highest BCUT2D eigenvalue weighted by molar-refractivity contribution is 5.95. The van der Waals surface area contributed by atoms with Crippen LogP contribution in [-0.2, 0) is 4.74 Å². The number of ether oxygens (including phenoxy) is 3. The van der Waals surface area contributed by atoms with Gasteiger partial charge < -0.3 is 19.1 Å². The van der Waals surface area contributed by atoms with Gasteiger partial charge >= 0.3 is 0 Å². The van der Waals surface area contributed by atoms with Gasteiger partial charge in [-0.2, -0.15) is 0 Å². The fraction of sp³-hybridized carbons (Fsp3) is 0.500. The summed E-state index contributed by atoms with van der Waals surface area (Å²) in [6, 6.07) is 3.86. The second kappa shape index (κ2) is 5.61. The number of benzene rings is 1. The molecule has 1 fully saturated rings. The molecule has 0 bridgehead atoms. The number of likely N-dealkylation sites (N-methyl/N-ethyl adjacent to an activating group) is 1. The SMILES string of the molecule is COc1ccc2c(N(C)C3(C)CCOC3)ncnc2c1OC. The van der Waals surface area contributed by atoms with Crippen LogP contribution in [-0.4, -0.2) is 50.0 Å². The topological polar surface area (TPSA) is 56.7 Å². The van der Waals surface area contributed by atoms with E-state index < -0.39 is 0 Å². The number of nitrogens with zero attached hydrogens (tertiary/aromatic N) is 3. The van der Waals surface area contributed by atoms with Crippen molar-refractivity contribution in [1.29, 1.82) is 0 Å². The van der Waals surface area contributed by atoms with Gasteiger partial charge in [0.2, 0.25) is 0 Å². The zero-order valence-corrected chi connectivity index (χ0v) is 13.4. The fourth-order valence-corrected chi connectivity index (χ4v) is 2.87. The normalized spacial score (nSPS) is 21.1. The standard InChI is InChI=1S/C16H21N3O3/c1-16(7-8-22-9-16)19(2)15-11-5-6-12(20-3)14(21-4)13(11)17-10-18-15/h5-6,10H,7-9H2,1-4H3. The second-order valence-electron chi connectivity index (χ2n) is 5.75. The van der Waals surface area contributed by atoms with E-state index in [9.17, 15) is 0 Å². The van der Waals surface area contributed by atoms with Crippen molar-refractivity contribution in [2.24, 2.45) is 0 Å². The number of hydrogen-bond acceptors (Lipinski definition) is 6. The van der Waals surface area contributed by atoms with E-state index in [1.54, 1.807) is 20.5 Å². The first kappa shape index (κ1) is 14.8. The third-order valence-electron chi connectivity index (χ3n) is 4.45. The predicted octanol–water partition coefficient (Wildman–Crippen LogP) is 2.26. The summed E-state index contributed by atoms with van der Waals surface area (Å²) < 4.78 is 16.4. The Morgan fingerprint density at radius 3 is 2.68 bits per heavy atom. The minimum atomic E-state index is -0.0611. The summed E-state index contributed by atoms with van der Waals surface area (Å²) in [5, 5.41) is 0.941. The summed E-state index contributed by atoms with van der Waals surface area (Å²) in [6.07, 6.45) is 2.54. The van der Waals surface area contributed by atoms with Crippen LogP contribution in [0.1, 0.15) is 13.3 Å². The Kier molecular flexibility index (Phi) is 3.78. The van der Waals surface area contributed by atoms with Gasteiger partial charge in [-0.15, -0.1) is 0 Å². The molecule has 1 saturated heterocycles. The minimum Gasteiger partial charge on any atom is -0.493 e. The van der Waals surface area contributed by atoms with Gasteiger partial charge in [-0.1, -0.05) is 0 Å². The van der Waals surface area contributed by atoms with Crippen LogP contribution in [0, 0.1) is 0 Å². The summed E-state index contributed by atoms with van der Waals surface area (Å²) >= 11 is 0. The van der Waals surface area contributed by atoms with Gasteiger partial charge in [-0.05, 0) is 25.5 Å². The van der Waals surface area contributed by atoms with Gasteiger partial charge in [0.15, 0.2) is 11.5 Å². The number of anilines is 1. The van der Waals surface area contributed by atoms with Crippen molar-refractivity contribution in [3.63, 3.8) is 0 Å². The van der Waals surface area contributed by atoms with E-state index in [1.807, 2.05) is 19.2 Å². The molecule has 0 amide bonds. The maximum Gasteiger partial charge on any atom is 0.187 e. The monoisotopic (exact) mass is 303 g/mol. The lowest BCUT2D eigenvalue weighted by Crippen LogP contribution is -2.45. The molecule has 1 aromatic carbocycles. The molecule has 0 saturated carbocycles. The third kappa shape index (κ3) is 2.23. The first-order valence-electron chi connectivity index (χ1n) is 7.28. The highest BCUT2D eigenvalue weighted by Crippen LogP contribution is 2.38. The molecule has 6 nitrogen and oxygen atoms in total. The molecule has 3 rings (SSSR count). The zero-order valence-electron chi connectivity index (χ0n) is 13.4. The molecular formula is C16H21N3O3. The van der Waals surface area contributed by atoms with Crippen LogP contribution < -0.4 is 14.4 Å². The molecule has 1 aliphatic rings. The lowest BCUT2D eigenvalue weighted by Gasteiger charge is -2.35. The van der Waals surface area contributed by atoms with Crippen molar-refractivity contribution >= 4 is 16.7 Å². The van der Waals surface area contributed by atoms with E-state index in [4.69, 9.17) is 14.2 Å².